The second kappa shape index (κ2) is 3.41. The van der Waals surface area contributed by atoms with Gasteiger partial charge >= 0.3 is 0 Å². The SMILES string of the molecule is O=S(O)Nc1nc2ccccc2s1. The standard InChI is InChI=1S/C7H6N2O2S2/c10-13(11)9-7-8-5-3-1-2-4-6(5)12-7/h1-4H,(H,8,9)(H,10,11). The van der Waals surface area contributed by atoms with E-state index < -0.39 is 11.3 Å². The van der Waals surface area contributed by atoms with Crippen molar-refractivity contribution in [2.75, 3.05) is 4.72 Å². The highest BCUT2D eigenvalue weighted by atomic mass is 32.2. The van der Waals surface area contributed by atoms with Crippen LogP contribution < -0.4 is 4.72 Å². The lowest BCUT2D eigenvalue weighted by Crippen LogP contribution is -2.00. The van der Waals surface area contributed by atoms with Crippen LogP contribution in [-0.2, 0) is 11.3 Å². The van der Waals surface area contributed by atoms with E-state index in [1.807, 2.05) is 24.3 Å². The van der Waals surface area contributed by atoms with Gasteiger partial charge in [0.1, 0.15) is 0 Å². The van der Waals surface area contributed by atoms with Crippen LogP contribution in [0.25, 0.3) is 10.2 Å². The van der Waals surface area contributed by atoms with Gasteiger partial charge in [-0.05, 0) is 12.1 Å². The number of thiazole rings is 1. The molecular formula is C7H6N2O2S2. The smallest absolute Gasteiger partial charge is 0.260 e. The Hall–Kier alpha value is -0.980. The fraction of sp³-hybridized carbons (Fsp3) is 0. The van der Waals surface area contributed by atoms with Crippen LogP contribution in [0.2, 0.25) is 0 Å². The van der Waals surface area contributed by atoms with E-state index in [0.717, 1.165) is 10.2 Å². The zero-order valence-electron chi connectivity index (χ0n) is 6.43. The lowest BCUT2D eigenvalue weighted by Gasteiger charge is -1.90. The summed E-state index contributed by atoms with van der Waals surface area (Å²) in [5.41, 5.74) is 0.834. The van der Waals surface area contributed by atoms with Crippen LogP contribution in [-0.4, -0.2) is 13.7 Å². The van der Waals surface area contributed by atoms with Crippen LogP contribution in [0.1, 0.15) is 0 Å². The van der Waals surface area contributed by atoms with E-state index in [4.69, 9.17) is 4.55 Å². The van der Waals surface area contributed by atoms with Gasteiger partial charge in [-0.25, -0.2) is 9.19 Å². The lowest BCUT2D eigenvalue weighted by atomic mass is 10.3. The summed E-state index contributed by atoms with van der Waals surface area (Å²) in [7, 11) is 0. The van der Waals surface area contributed by atoms with Crippen LogP contribution in [0.3, 0.4) is 0 Å². The Labute approximate surface area is 81.0 Å². The van der Waals surface area contributed by atoms with Crippen LogP contribution in [0, 0.1) is 0 Å². The highest BCUT2D eigenvalue weighted by molar-refractivity contribution is 7.80. The van der Waals surface area contributed by atoms with Gasteiger partial charge in [-0.1, -0.05) is 23.5 Å². The first-order valence-corrected chi connectivity index (χ1v) is 5.41. The normalized spacial score (nSPS) is 13.0. The number of benzene rings is 1. The van der Waals surface area contributed by atoms with Crippen molar-refractivity contribution in [3.05, 3.63) is 24.3 Å². The third-order valence-electron chi connectivity index (χ3n) is 1.47. The Morgan fingerprint density at radius 2 is 2.23 bits per heavy atom. The molecule has 6 heteroatoms. The molecule has 13 heavy (non-hydrogen) atoms. The Balaban J connectivity index is 2.44. The molecule has 0 radical (unpaired) electrons. The predicted molar refractivity (Wildman–Crippen MR) is 54.0 cm³/mol. The van der Waals surface area contributed by atoms with Crippen molar-refractivity contribution in [3.8, 4) is 0 Å². The van der Waals surface area contributed by atoms with Crippen LogP contribution in [0.5, 0.6) is 0 Å². The van der Waals surface area contributed by atoms with Crippen molar-refractivity contribution in [1.82, 2.24) is 4.98 Å². The summed E-state index contributed by atoms with van der Waals surface area (Å²) in [6, 6.07) is 7.55. The van der Waals surface area contributed by atoms with Gasteiger partial charge in [-0.2, -0.15) is 0 Å². The van der Waals surface area contributed by atoms with Gasteiger partial charge in [-0.3, -0.25) is 9.27 Å². The summed E-state index contributed by atoms with van der Waals surface area (Å²) in [5, 5.41) is 0.460. The van der Waals surface area contributed by atoms with Gasteiger partial charge in [0.25, 0.3) is 11.3 Å². The zero-order chi connectivity index (χ0) is 9.26. The summed E-state index contributed by atoms with van der Waals surface area (Å²) >= 11 is -0.695. The molecule has 2 rings (SSSR count). The van der Waals surface area contributed by atoms with E-state index in [0.29, 0.717) is 5.13 Å². The third kappa shape index (κ3) is 1.85. The van der Waals surface area contributed by atoms with Crippen molar-refractivity contribution in [2.45, 2.75) is 0 Å². The number of rotatable bonds is 2. The summed E-state index contributed by atoms with van der Waals surface area (Å²) in [5.74, 6) is 0. The van der Waals surface area contributed by atoms with E-state index in [1.165, 1.54) is 11.3 Å². The Morgan fingerprint density at radius 3 is 2.92 bits per heavy atom. The molecule has 0 aliphatic carbocycles. The number of hydrogen-bond acceptors (Lipinski definition) is 3. The molecule has 0 bridgehead atoms. The minimum atomic E-state index is -2.05. The lowest BCUT2D eigenvalue weighted by molar-refractivity contribution is 0.570. The van der Waals surface area contributed by atoms with E-state index in [-0.39, 0.29) is 0 Å². The number of para-hydroxylation sites is 1. The largest absolute Gasteiger partial charge is 0.289 e. The molecule has 0 aliphatic rings. The fourth-order valence-electron chi connectivity index (χ4n) is 0.991. The van der Waals surface area contributed by atoms with E-state index in [2.05, 4.69) is 9.71 Å². The summed E-state index contributed by atoms with van der Waals surface area (Å²) in [4.78, 5) is 4.11. The number of nitrogens with zero attached hydrogens (tertiary/aromatic N) is 1. The Bertz CT molecular complexity index is 421. The highest BCUT2D eigenvalue weighted by Gasteiger charge is 2.03. The molecule has 1 aromatic carbocycles. The highest BCUT2D eigenvalue weighted by Crippen LogP contribution is 2.25. The van der Waals surface area contributed by atoms with Crippen molar-refractivity contribution in [3.63, 3.8) is 0 Å². The molecule has 0 fully saturated rings. The monoisotopic (exact) mass is 214 g/mol. The number of nitrogens with one attached hydrogen (secondary N) is 1. The van der Waals surface area contributed by atoms with E-state index in [1.54, 1.807) is 0 Å². The first-order valence-electron chi connectivity index (χ1n) is 3.49. The molecular weight excluding hydrogens is 208 g/mol. The Morgan fingerprint density at radius 1 is 1.46 bits per heavy atom. The minimum absolute atomic E-state index is 0.460. The molecule has 1 aromatic heterocycles. The minimum Gasteiger partial charge on any atom is -0.289 e. The number of fused-ring (bicyclic) bond motifs is 1. The molecule has 2 N–H and O–H groups in total. The van der Waals surface area contributed by atoms with Crippen LogP contribution in [0.15, 0.2) is 24.3 Å². The van der Waals surface area contributed by atoms with Gasteiger partial charge in [-0.15, -0.1) is 0 Å². The molecule has 4 nitrogen and oxygen atoms in total. The molecule has 0 saturated carbocycles. The van der Waals surface area contributed by atoms with E-state index in [9.17, 15) is 4.21 Å². The maximum atomic E-state index is 10.4. The average molecular weight is 214 g/mol. The van der Waals surface area contributed by atoms with Crippen LogP contribution >= 0.6 is 11.3 Å². The molecule has 68 valence electrons. The number of anilines is 1. The van der Waals surface area contributed by atoms with Crippen molar-refractivity contribution in [2.24, 2.45) is 0 Å². The van der Waals surface area contributed by atoms with Crippen molar-refractivity contribution < 1.29 is 8.76 Å². The summed E-state index contributed by atoms with van der Waals surface area (Å²) in [6.45, 7) is 0. The van der Waals surface area contributed by atoms with Gasteiger partial charge < -0.3 is 0 Å². The topological polar surface area (TPSA) is 62.2 Å². The Kier molecular flexibility index (Phi) is 2.26. The molecule has 0 aliphatic heterocycles. The second-order valence-electron chi connectivity index (χ2n) is 2.34. The molecule has 1 heterocycles. The van der Waals surface area contributed by atoms with Crippen molar-refractivity contribution >= 4 is 38.0 Å². The predicted octanol–water partition coefficient (Wildman–Crippen LogP) is 1.84. The maximum absolute atomic E-state index is 10.4. The summed E-state index contributed by atoms with van der Waals surface area (Å²) < 4.78 is 22.3. The summed E-state index contributed by atoms with van der Waals surface area (Å²) in [6.07, 6.45) is 0. The molecule has 1 atom stereocenters. The van der Waals surface area contributed by atoms with Gasteiger partial charge in [0.2, 0.25) is 0 Å². The van der Waals surface area contributed by atoms with Crippen molar-refractivity contribution in [1.29, 1.82) is 0 Å². The molecule has 2 aromatic rings. The fourth-order valence-corrected chi connectivity index (χ4v) is 2.28. The molecule has 1 unspecified atom stereocenters. The first kappa shape index (κ1) is 8.61. The van der Waals surface area contributed by atoms with Gasteiger partial charge in [0.15, 0.2) is 5.13 Å². The van der Waals surface area contributed by atoms with Crippen LogP contribution in [0.4, 0.5) is 5.13 Å². The quantitative estimate of drug-likeness (QED) is 0.750. The molecule has 0 amide bonds. The van der Waals surface area contributed by atoms with E-state index >= 15 is 0 Å². The third-order valence-corrected chi connectivity index (χ3v) is 2.92. The second-order valence-corrected chi connectivity index (χ2v) is 4.07. The average Bonchev–Trinajstić information content (AvgIpc) is 2.44. The maximum Gasteiger partial charge on any atom is 0.260 e. The number of hydrogen-bond donors (Lipinski definition) is 2. The van der Waals surface area contributed by atoms with Gasteiger partial charge in [0.05, 0.1) is 10.2 Å². The number of aromatic nitrogens is 1. The molecule has 0 spiro atoms. The van der Waals surface area contributed by atoms with Gasteiger partial charge in [0, 0.05) is 0 Å². The first-order chi connectivity index (χ1) is 6.25. The molecule has 0 saturated heterocycles. The zero-order valence-corrected chi connectivity index (χ0v) is 8.06.